The molecule has 0 aliphatic heterocycles. The highest BCUT2D eigenvalue weighted by Gasteiger charge is 2.07. The Morgan fingerprint density at radius 2 is 1.88 bits per heavy atom. The minimum absolute atomic E-state index is 0.158. The molecule has 0 atom stereocenters. The molecule has 0 aliphatic carbocycles. The molecule has 17 heavy (non-hydrogen) atoms. The second-order valence-electron chi connectivity index (χ2n) is 3.51. The van der Waals surface area contributed by atoms with Gasteiger partial charge < -0.3 is 16.4 Å². The van der Waals surface area contributed by atoms with Crippen LogP contribution < -0.4 is 16.4 Å². The van der Waals surface area contributed by atoms with Crippen molar-refractivity contribution in [3.8, 4) is 0 Å². The van der Waals surface area contributed by atoms with Crippen molar-refractivity contribution in [1.29, 1.82) is 0 Å². The maximum absolute atomic E-state index is 13.0. The van der Waals surface area contributed by atoms with Crippen LogP contribution in [0.4, 0.5) is 10.1 Å². The van der Waals surface area contributed by atoms with Crippen LogP contribution in [0.15, 0.2) is 18.2 Å². The van der Waals surface area contributed by atoms with Crippen LogP contribution in [-0.2, 0) is 4.79 Å². The Balaban J connectivity index is 2.49. The molecule has 1 aromatic carbocycles. The van der Waals surface area contributed by atoms with E-state index >= 15 is 0 Å². The van der Waals surface area contributed by atoms with Gasteiger partial charge in [0.15, 0.2) is 0 Å². The molecule has 0 bridgehead atoms. The van der Waals surface area contributed by atoms with E-state index in [0.29, 0.717) is 6.54 Å². The molecule has 1 aromatic rings. The zero-order valence-corrected chi connectivity index (χ0v) is 9.42. The van der Waals surface area contributed by atoms with Crippen LogP contribution in [0, 0.1) is 5.82 Å². The zero-order chi connectivity index (χ0) is 12.8. The van der Waals surface area contributed by atoms with Crippen molar-refractivity contribution in [3.05, 3.63) is 29.6 Å². The molecule has 0 spiro atoms. The van der Waals surface area contributed by atoms with Crippen LogP contribution in [0.3, 0.4) is 0 Å². The highest BCUT2D eigenvalue weighted by Crippen LogP contribution is 2.10. The fraction of sp³-hybridized carbons (Fsp3) is 0.273. The van der Waals surface area contributed by atoms with Crippen molar-refractivity contribution >= 4 is 17.5 Å². The Morgan fingerprint density at radius 1 is 1.24 bits per heavy atom. The number of carbonyl (C=O) groups is 2. The first kappa shape index (κ1) is 13.0. The first-order valence-corrected chi connectivity index (χ1v) is 5.08. The maximum atomic E-state index is 13.0. The highest BCUT2D eigenvalue weighted by atomic mass is 19.1. The number of halogens is 1. The smallest absolute Gasteiger partial charge is 0.251 e. The summed E-state index contributed by atoms with van der Waals surface area (Å²) in [5, 5.41) is 5.06. The molecule has 1 rings (SSSR count). The Bertz CT molecular complexity index is 414. The van der Waals surface area contributed by atoms with Crippen molar-refractivity contribution < 1.29 is 14.0 Å². The molecule has 0 unspecified atom stereocenters. The Morgan fingerprint density at radius 3 is 2.47 bits per heavy atom. The molecule has 0 saturated carbocycles. The molecule has 0 aliphatic rings. The number of rotatable bonds is 4. The summed E-state index contributed by atoms with van der Waals surface area (Å²) in [6.45, 7) is 1.98. The van der Waals surface area contributed by atoms with E-state index in [1.807, 2.05) is 0 Å². The summed E-state index contributed by atoms with van der Waals surface area (Å²) < 4.78 is 13.0. The van der Waals surface area contributed by atoms with Gasteiger partial charge in [-0.15, -0.1) is 0 Å². The van der Waals surface area contributed by atoms with Crippen LogP contribution in [0.5, 0.6) is 0 Å². The zero-order valence-electron chi connectivity index (χ0n) is 9.42. The molecule has 0 saturated heterocycles. The van der Waals surface area contributed by atoms with E-state index in [0.717, 1.165) is 12.1 Å². The Labute approximate surface area is 98.2 Å². The van der Waals surface area contributed by atoms with Gasteiger partial charge in [-0.25, -0.2) is 4.39 Å². The summed E-state index contributed by atoms with van der Waals surface area (Å²) in [6, 6.07) is 3.62. The van der Waals surface area contributed by atoms with Crippen LogP contribution in [0.1, 0.15) is 17.3 Å². The number of nitrogens with two attached hydrogens (primary N) is 1. The number of nitrogen functional groups attached to an aromatic ring is 1. The molecular weight excluding hydrogens is 225 g/mol. The minimum Gasteiger partial charge on any atom is -0.399 e. The van der Waals surface area contributed by atoms with Gasteiger partial charge >= 0.3 is 0 Å². The molecule has 0 fully saturated rings. The molecular formula is C11H14FN3O2. The van der Waals surface area contributed by atoms with Crippen molar-refractivity contribution in [1.82, 2.24) is 10.6 Å². The number of carbonyl (C=O) groups excluding carboxylic acids is 2. The number of hydrogen-bond donors (Lipinski definition) is 3. The van der Waals surface area contributed by atoms with Gasteiger partial charge in [0, 0.05) is 31.3 Å². The highest BCUT2D eigenvalue weighted by molar-refractivity contribution is 5.95. The number of benzene rings is 1. The summed E-state index contributed by atoms with van der Waals surface area (Å²) in [5.74, 6) is -1.16. The monoisotopic (exact) mass is 239 g/mol. The normalized spacial score (nSPS) is 9.76. The molecule has 2 amide bonds. The van der Waals surface area contributed by atoms with Gasteiger partial charge in [-0.1, -0.05) is 0 Å². The SMILES string of the molecule is CC(=O)NCCNC(=O)c1cc(N)cc(F)c1. The van der Waals surface area contributed by atoms with Gasteiger partial charge in [0.1, 0.15) is 5.82 Å². The number of hydrogen-bond acceptors (Lipinski definition) is 3. The van der Waals surface area contributed by atoms with E-state index in [2.05, 4.69) is 10.6 Å². The average molecular weight is 239 g/mol. The van der Waals surface area contributed by atoms with Crippen molar-refractivity contribution in [2.75, 3.05) is 18.8 Å². The van der Waals surface area contributed by atoms with E-state index in [1.54, 1.807) is 0 Å². The van der Waals surface area contributed by atoms with Crippen molar-refractivity contribution in [2.24, 2.45) is 0 Å². The van der Waals surface area contributed by atoms with Gasteiger partial charge in [-0.3, -0.25) is 9.59 Å². The van der Waals surface area contributed by atoms with Crippen LogP contribution in [-0.4, -0.2) is 24.9 Å². The number of nitrogens with one attached hydrogen (secondary N) is 2. The average Bonchev–Trinajstić information content (AvgIpc) is 2.22. The topological polar surface area (TPSA) is 84.2 Å². The minimum atomic E-state index is -0.558. The second-order valence-corrected chi connectivity index (χ2v) is 3.51. The molecule has 4 N–H and O–H groups in total. The van der Waals surface area contributed by atoms with E-state index in [1.165, 1.54) is 13.0 Å². The molecule has 0 heterocycles. The first-order chi connectivity index (χ1) is 7.99. The summed E-state index contributed by atoms with van der Waals surface area (Å²) in [7, 11) is 0. The fourth-order valence-electron chi connectivity index (χ4n) is 1.26. The van der Waals surface area contributed by atoms with Crippen molar-refractivity contribution in [2.45, 2.75) is 6.92 Å². The lowest BCUT2D eigenvalue weighted by atomic mass is 10.2. The molecule has 6 heteroatoms. The number of anilines is 1. The van der Waals surface area contributed by atoms with Gasteiger partial charge in [0.25, 0.3) is 5.91 Å². The lowest BCUT2D eigenvalue weighted by molar-refractivity contribution is -0.118. The van der Waals surface area contributed by atoms with Crippen LogP contribution >= 0.6 is 0 Å². The summed E-state index contributed by atoms with van der Waals surface area (Å²) in [5.41, 5.74) is 5.76. The Hall–Kier alpha value is -2.11. The third-order valence-corrected chi connectivity index (χ3v) is 1.97. The molecule has 5 nitrogen and oxygen atoms in total. The lowest BCUT2D eigenvalue weighted by Gasteiger charge is -2.06. The van der Waals surface area contributed by atoms with Crippen LogP contribution in [0.25, 0.3) is 0 Å². The molecule has 0 radical (unpaired) electrons. The molecule has 0 aromatic heterocycles. The van der Waals surface area contributed by atoms with E-state index in [4.69, 9.17) is 5.73 Å². The van der Waals surface area contributed by atoms with Gasteiger partial charge in [-0.2, -0.15) is 0 Å². The number of amides is 2. The predicted molar refractivity (Wildman–Crippen MR) is 61.8 cm³/mol. The first-order valence-electron chi connectivity index (χ1n) is 5.08. The fourth-order valence-corrected chi connectivity index (χ4v) is 1.26. The van der Waals surface area contributed by atoms with Gasteiger partial charge in [-0.05, 0) is 18.2 Å². The quantitative estimate of drug-likeness (QED) is 0.521. The second kappa shape index (κ2) is 5.83. The van der Waals surface area contributed by atoms with E-state index in [9.17, 15) is 14.0 Å². The third kappa shape index (κ3) is 4.50. The maximum Gasteiger partial charge on any atom is 0.251 e. The third-order valence-electron chi connectivity index (χ3n) is 1.97. The van der Waals surface area contributed by atoms with E-state index < -0.39 is 11.7 Å². The summed E-state index contributed by atoms with van der Waals surface area (Å²) in [6.07, 6.45) is 0. The largest absolute Gasteiger partial charge is 0.399 e. The standard InChI is InChI=1S/C11H14FN3O2/c1-7(16)14-2-3-15-11(17)8-4-9(12)6-10(13)5-8/h4-6H,2-3,13H2,1H3,(H,14,16)(H,15,17). The molecule has 92 valence electrons. The van der Waals surface area contributed by atoms with Crippen LogP contribution in [0.2, 0.25) is 0 Å². The van der Waals surface area contributed by atoms with E-state index in [-0.39, 0.29) is 23.7 Å². The predicted octanol–water partition coefficient (Wildman–Crippen LogP) is 0.274. The summed E-state index contributed by atoms with van der Waals surface area (Å²) in [4.78, 5) is 22.1. The van der Waals surface area contributed by atoms with Crippen molar-refractivity contribution in [3.63, 3.8) is 0 Å². The Kier molecular flexibility index (Phi) is 4.45. The lowest BCUT2D eigenvalue weighted by Crippen LogP contribution is -2.33. The van der Waals surface area contributed by atoms with Gasteiger partial charge in [0.2, 0.25) is 5.91 Å². The van der Waals surface area contributed by atoms with Gasteiger partial charge in [0.05, 0.1) is 0 Å². The summed E-state index contributed by atoms with van der Waals surface area (Å²) >= 11 is 0.